The number of aromatic nitrogens is 2. The van der Waals surface area contributed by atoms with Gasteiger partial charge in [0.05, 0.1) is 15.6 Å². The zero-order valence-electron chi connectivity index (χ0n) is 16.1. The van der Waals surface area contributed by atoms with Crippen LogP contribution < -0.4 is 19.6 Å². The quantitative estimate of drug-likeness (QED) is 0.414. The van der Waals surface area contributed by atoms with Crippen LogP contribution in [0.1, 0.15) is 21.5 Å². The van der Waals surface area contributed by atoms with Gasteiger partial charge in [-0.3, -0.25) is 9.59 Å². The summed E-state index contributed by atoms with van der Waals surface area (Å²) in [4.78, 5) is 31.0. The molecule has 0 fully saturated rings. The molecule has 0 unspecified atom stereocenters. The summed E-state index contributed by atoms with van der Waals surface area (Å²) in [5.41, 5.74) is 3.19. The summed E-state index contributed by atoms with van der Waals surface area (Å²) in [5, 5.41) is 0. The van der Waals surface area contributed by atoms with E-state index in [0.29, 0.717) is 43.2 Å². The second kappa shape index (κ2) is 6.78. The van der Waals surface area contributed by atoms with Gasteiger partial charge in [0, 0.05) is 11.1 Å². The minimum absolute atomic E-state index is 0.0713. The van der Waals surface area contributed by atoms with Crippen LogP contribution in [0.3, 0.4) is 0 Å². The summed E-state index contributed by atoms with van der Waals surface area (Å²) >= 11 is 1.32. The van der Waals surface area contributed by atoms with Crippen molar-refractivity contribution >= 4 is 39.2 Å². The third kappa shape index (κ3) is 2.90. The number of ether oxygens (including phenoxy) is 2. The number of ketones is 1. The lowest BCUT2D eigenvalue weighted by Gasteiger charge is -2.01. The van der Waals surface area contributed by atoms with Crippen LogP contribution in [0.5, 0.6) is 11.5 Å². The van der Waals surface area contributed by atoms with Gasteiger partial charge >= 0.3 is 0 Å². The molecule has 1 aliphatic heterocycles. The van der Waals surface area contributed by atoms with Gasteiger partial charge in [0.1, 0.15) is 0 Å². The number of nitrogens with zero attached hydrogens (tertiary/aromatic N) is 2. The van der Waals surface area contributed by atoms with Gasteiger partial charge in [-0.1, -0.05) is 47.7 Å². The highest BCUT2D eigenvalue weighted by molar-refractivity contribution is 7.15. The van der Waals surface area contributed by atoms with Gasteiger partial charge in [-0.2, -0.15) is 0 Å². The SMILES string of the molecule is O=C(c1ccccc1)c1ccc2c(c1)nc1s/c(=C\c3ccc4c(c3)OCO4)c(=O)n12. The zero-order valence-corrected chi connectivity index (χ0v) is 16.9. The Balaban J connectivity index is 1.44. The standard InChI is InChI=1S/C24H14N2O4S/c27-22(15-4-2-1-3-5-15)16-7-8-18-17(12-16)25-24-26(18)23(28)21(31-24)11-14-6-9-19-20(10-14)30-13-29-19/h1-12H,13H2/b21-11-. The number of thiazole rings is 1. The lowest BCUT2D eigenvalue weighted by Crippen LogP contribution is -2.22. The molecule has 5 aromatic rings. The van der Waals surface area contributed by atoms with Crippen molar-refractivity contribution in [3.63, 3.8) is 0 Å². The molecule has 6 rings (SSSR count). The number of imidazole rings is 1. The number of carbonyl (C=O) groups is 1. The number of benzene rings is 3. The maximum absolute atomic E-state index is 13.1. The highest BCUT2D eigenvalue weighted by Gasteiger charge is 2.16. The van der Waals surface area contributed by atoms with E-state index in [1.165, 1.54) is 11.3 Å². The zero-order chi connectivity index (χ0) is 20.9. The van der Waals surface area contributed by atoms with Crippen molar-refractivity contribution in [2.24, 2.45) is 0 Å². The van der Waals surface area contributed by atoms with Crippen LogP contribution in [0.15, 0.2) is 71.5 Å². The summed E-state index contributed by atoms with van der Waals surface area (Å²) in [6.45, 7) is 0.208. The van der Waals surface area contributed by atoms with E-state index in [-0.39, 0.29) is 18.1 Å². The smallest absolute Gasteiger partial charge is 0.274 e. The molecular weight excluding hydrogens is 412 g/mol. The lowest BCUT2D eigenvalue weighted by molar-refractivity contribution is 0.103. The van der Waals surface area contributed by atoms with Crippen molar-refractivity contribution in [3.05, 3.63) is 98.3 Å². The van der Waals surface area contributed by atoms with Crippen molar-refractivity contribution in [1.29, 1.82) is 0 Å². The lowest BCUT2D eigenvalue weighted by atomic mass is 10.0. The summed E-state index contributed by atoms with van der Waals surface area (Å²) in [7, 11) is 0. The molecule has 0 atom stereocenters. The van der Waals surface area contributed by atoms with Crippen LogP contribution in [-0.2, 0) is 0 Å². The molecule has 0 saturated heterocycles. The largest absolute Gasteiger partial charge is 0.454 e. The average molecular weight is 426 g/mol. The molecule has 0 N–H and O–H groups in total. The van der Waals surface area contributed by atoms with Gasteiger partial charge in [-0.05, 0) is 42.0 Å². The number of hydrogen-bond acceptors (Lipinski definition) is 6. The second-order valence-electron chi connectivity index (χ2n) is 7.16. The predicted molar refractivity (Wildman–Crippen MR) is 118 cm³/mol. The van der Waals surface area contributed by atoms with E-state index in [2.05, 4.69) is 4.98 Å². The summed E-state index contributed by atoms with van der Waals surface area (Å²) in [6, 6.07) is 19.9. The number of carbonyl (C=O) groups excluding carboxylic acids is 1. The third-order valence-corrected chi connectivity index (χ3v) is 6.20. The first-order chi connectivity index (χ1) is 15.2. The first-order valence-electron chi connectivity index (χ1n) is 9.63. The van der Waals surface area contributed by atoms with E-state index in [9.17, 15) is 9.59 Å². The van der Waals surface area contributed by atoms with Crippen molar-refractivity contribution in [2.75, 3.05) is 6.79 Å². The van der Waals surface area contributed by atoms with E-state index in [4.69, 9.17) is 9.47 Å². The molecule has 0 aliphatic carbocycles. The monoisotopic (exact) mass is 426 g/mol. The van der Waals surface area contributed by atoms with Crippen LogP contribution in [0, 0.1) is 0 Å². The Hall–Kier alpha value is -3.97. The molecule has 0 bridgehead atoms. The minimum Gasteiger partial charge on any atom is -0.454 e. The average Bonchev–Trinajstić information content (AvgIpc) is 3.48. The summed E-state index contributed by atoms with van der Waals surface area (Å²) in [5.74, 6) is 1.30. The molecule has 7 heteroatoms. The molecule has 2 aromatic heterocycles. The molecule has 3 heterocycles. The minimum atomic E-state index is -0.137. The normalized spacial score (nSPS) is 13.4. The van der Waals surface area contributed by atoms with Crippen LogP contribution in [-0.4, -0.2) is 22.0 Å². The molecule has 1 aliphatic rings. The molecule has 0 radical (unpaired) electrons. The Morgan fingerprint density at radius 3 is 2.68 bits per heavy atom. The Labute approximate surface area is 179 Å². The van der Waals surface area contributed by atoms with Crippen molar-refractivity contribution in [3.8, 4) is 11.5 Å². The van der Waals surface area contributed by atoms with E-state index in [1.54, 1.807) is 34.7 Å². The number of rotatable bonds is 3. The van der Waals surface area contributed by atoms with Crippen molar-refractivity contribution < 1.29 is 14.3 Å². The van der Waals surface area contributed by atoms with Crippen LogP contribution in [0.2, 0.25) is 0 Å². The van der Waals surface area contributed by atoms with Gasteiger partial charge in [0.2, 0.25) is 6.79 Å². The Kier molecular flexibility index (Phi) is 3.91. The first-order valence-corrected chi connectivity index (χ1v) is 10.5. The second-order valence-corrected chi connectivity index (χ2v) is 8.17. The highest BCUT2D eigenvalue weighted by atomic mass is 32.1. The van der Waals surface area contributed by atoms with Gasteiger partial charge in [0.15, 0.2) is 22.2 Å². The Morgan fingerprint density at radius 2 is 1.81 bits per heavy atom. The van der Waals surface area contributed by atoms with Crippen LogP contribution >= 0.6 is 11.3 Å². The fraction of sp³-hybridized carbons (Fsp3) is 0.0417. The third-order valence-electron chi connectivity index (χ3n) is 5.23. The van der Waals surface area contributed by atoms with Gasteiger partial charge in [-0.25, -0.2) is 9.38 Å². The van der Waals surface area contributed by atoms with Crippen molar-refractivity contribution in [2.45, 2.75) is 0 Å². The van der Waals surface area contributed by atoms with Crippen LogP contribution in [0.25, 0.3) is 22.1 Å². The maximum atomic E-state index is 13.1. The molecular formula is C24H14N2O4S. The molecule has 6 nitrogen and oxygen atoms in total. The topological polar surface area (TPSA) is 69.9 Å². The summed E-state index contributed by atoms with van der Waals surface area (Å²) in [6.07, 6.45) is 1.82. The van der Waals surface area contributed by atoms with Crippen molar-refractivity contribution in [1.82, 2.24) is 9.38 Å². The number of fused-ring (bicyclic) bond motifs is 4. The van der Waals surface area contributed by atoms with Crippen LogP contribution in [0.4, 0.5) is 0 Å². The van der Waals surface area contributed by atoms with E-state index >= 15 is 0 Å². The summed E-state index contributed by atoms with van der Waals surface area (Å²) < 4.78 is 12.9. The molecule has 0 amide bonds. The number of hydrogen-bond donors (Lipinski definition) is 0. The van der Waals surface area contributed by atoms with Gasteiger partial charge in [0.25, 0.3) is 5.56 Å². The molecule has 3 aromatic carbocycles. The molecule has 31 heavy (non-hydrogen) atoms. The fourth-order valence-electron chi connectivity index (χ4n) is 3.72. The maximum Gasteiger partial charge on any atom is 0.274 e. The fourth-order valence-corrected chi connectivity index (χ4v) is 4.70. The van der Waals surface area contributed by atoms with E-state index in [0.717, 1.165) is 5.56 Å². The highest BCUT2D eigenvalue weighted by Crippen LogP contribution is 2.32. The molecule has 150 valence electrons. The Bertz CT molecular complexity index is 1600. The molecule has 0 spiro atoms. The van der Waals surface area contributed by atoms with Gasteiger partial charge < -0.3 is 9.47 Å². The predicted octanol–water partition coefficient (Wildman–Crippen LogP) is 3.42. The first kappa shape index (κ1) is 17.9. The van der Waals surface area contributed by atoms with E-state index < -0.39 is 0 Å². The molecule has 0 saturated carbocycles. The Morgan fingerprint density at radius 1 is 0.968 bits per heavy atom. The van der Waals surface area contributed by atoms with E-state index in [1.807, 2.05) is 42.5 Å². The van der Waals surface area contributed by atoms with Gasteiger partial charge in [-0.15, -0.1) is 0 Å².